The minimum absolute atomic E-state index is 0.0110. The van der Waals surface area contributed by atoms with Gasteiger partial charge in [0.1, 0.15) is 13.2 Å². The molecular formula is C26H24N2O4. The van der Waals surface area contributed by atoms with E-state index in [4.69, 9.17) is 9.47 Å². The average molecular weight is 428 g/mol. The van der Waals surface area contributed by atoms with Crippen LogP contribution < -0.4 is 19.7 Å². The molecule has 6 heteroatoms. The molecule has 0 bridgehead atoms. The van der Waals surface area contributed by atoms with Crippen LogP contribution in [0.1, 0.15) is 38.3 Å². The molecule has 0 aromatic heterocycles. The Morgan fingerprint density at radius 2 is 1.75 bits per heavy atom. The van der Waals surface area contributed by atoms with Gasteiger partial charge in [-0.25, -0.2) is 0 Å². The molecule has 0 radical (unpaired) electrons. The number of fused-ring (bicyclic) bond motifs is 2. The van der Waals surface area contributed by atoms with Crippen LogP contribution in [0, 0.1) is 6.92 Å². The van der Waals surface area contributed by atoms with Crippen LogP contribution >= 0.6 is 0 Å². The lowest BCUT2D eigenvalue weighted by Gasteiger charge is -2.30. The van der Waals surface area contributed by atoms with Gasteiger partial charge >= 0.3 is 0 Å². The summed E-state index contributed by atoms with van der Waals surface area (Å²) >= 11 is 0. The summed E-state index contributed by atoms with van der Waals surface area (Å²) in [7, 11) is 0. The highest BCUT2D eigenvalue weighted by molar-refractivity contribution is 6.08. The van der Waals surface area contributed by atoms with Crippen molar-refractivity contribution in [3.05, 3.63) is 82.9 Å². The number of carbonyl (C=O) groups excluding carboxylic acids is 2. The molecule has 3 aromatic carbocycles. The first kappa shape index (κ1) is 20.1. The second-order valence-corrected chi connectivity index (χ2v) is 8.09. The second kappa shape index (κ2) is 8.38. The summed E-state index contributed by atoms with van der Waals surface area (Å²) in [5.41, 5.74) is 4.82. The van der Waals surface area contributed by atoms with Crippen molar-refractivity contribution in [3.8, 4) is 11.5 Å². The largest absolute Gasteiger partial charge is 0.486 e. The summed E-state index contributed by atoms with van der Waals surface area (Å²) in [6.07, 6.45) is 1.69. The maximum absolute atomic E-state index is 13.1. The SMILES string of the molecule is Cc1cccc(C(=O)N2CCCc3cc(C(=O)Nc4ccc5c(c4)OCCO5)ccc32)c1. The molecule has 2 heterocycles. The van der Waals surface area contributed by atoms with Crippen molar-refractivity contribution in [3.63, 3.8) is 0 Å². The van der Waals surface area contributed by atoms with Gasteiger partial charge in [-0.2, -0.15) is 0 Å². The fraction of sp³-hybridized carbons (Fsp3) is 0.231. The molecule has 6 nitrogen and oxygen atoms in total. The monoisotopic (exact) mass is 428 g/mol. The normalized spacial score (nSPS) is 14.5. The Labute approximate surface area is 186 Å². The molecular weight excluding hydrogens is 404 g/mol. The lowest BCUT2D eigenvalue weighted by molar-refractivity contribution is 0.0984. The summed E-state index contributed by atoms with van der Waals surface area (Å²) in [4.78, 5) is 27.8. The number of nitrogens with zero attached hydrogens (tertiary/aromatic N) is 1. The first-order valence-corrected chi connectivity index (χ1v) is 10.8. The van der Waals surface area contributed by atoms with Crippen LogP contribution in [0.4, 0.5) is 11.4 Å². The molecule has 0 saturated carbocycles. The molecule has 0 atom stereocenters. The number of nitrogens with one attached hydrogen (secondary N) is 1. The lowest BCUT2D eigenvalue weighted by atomic mass is 9.98. The zero-order valence-corrected chi connectivity index (χ0v) is 17.9. The highest BCUT2D eigenvalue weighted by Crippen LogP contribution is 2.33. The molecule has 0 aliphatic carbocycles. The molecule has 2 aliphatic rings. The maximum atomic E-state index is 13.1. The van der Waals surface area contributed by atoms with E-state index in [1.54, 1.807) is 24.3 Å². The third-order valence-electron chi connectivity index (χ3n) is 5.77. The van der Waals surface area contributed by atoms with Crippen molar-refractivity contribution in [2.24, 2.45) is 0 Å². The topological polar surface area (TPSA) is 67.9 Å². The van der Waals surface area contributed by atoms with E-state index in [1.165, 1.54) is 0 Å². The number of aryl methyl sites for hydroxylation is 2. The molecule has 2 amide bonds. The first-order valence-electron chi connectivity index (χ1n) is 10.8. The summed E-state index contributed by atoms with van der Waals surface area (Å²) in [5, 5.41) is 2.93. The van der Waals surface area contributed by atoms with Crippen molar-refractivity contribution in [2.75, 3.05) is 30.0 Å². The van der Waals surface area contributed by atoms with Crippen molar-refractivity contribution in [1.29, 1.82) is 0 Å². The summed E-state index contributed by atoms with van der Waals surface area (Å²) in [6.45, 7) is 3.67. The predicted octanol–water partition coefficient (Wildman–Crippen LogP) is 4.61. The number of carbonyl (C=O) groups is 2. The Kier molecular flexibility index (Phi) is 5.27. The number of hydrogen-bond donors (Lipinski definition) is 1. The lowest BCUT2D eigenvalue weighted by Crippen LogP contribution is -2.35. The predicted molar refractivity (Wildman–Crippen MR) is 123 cm³/mol. The Bertz CT molecular complexity index is 1200. The van der Waals surface area contributed by atoms with Crippen LogP contribution in [0.5, 0.6) is 11.5 Å². The fourth-order valence-electron chi connectivity index (χ4n) is 4.21. The first-order chi connectivity index (χ1) is 15.6. The van der Waals surface area contributed by atoms with E-state index in [-0.39, 0.29) is 11.8 Å². The molecule has 0 spiro atoms. The third kappa shape index (κ3) is 3.91. The molecule has 0 saturated heterocycles. The van der Waals surface area contributed by atoms with Gasteiger partial charge in [-0.15, -0.1) is 0 Å². The third-order valence-corrected chi connectivity index (χ3v) is 5.77. The molecule has 0 fully saturated rings. The van der Waals surface area contributed by atoms with Gasteiger partial charge in [-0.05, 0) is 67.8 Å². The van der Waals surface area contributed by atoms with E-state index >= 15 is 0 Å². The van der Waals surface area contributed by atoms with E-state index in [0.29, 0.717) is 48.1 Å². The standard InChI is InChI=1S/C26H24N2O4/c1-17-4-2-5-20(14-17)26(30)28-11-3-6-18-15-19(7-9-22(18)28)25(29)27-21-8-10-23-24(16-21)32-13-12-31-23/h2,4-5,7-10,14-16H,3,6,11-13H2,1H3,(H,27,29). The van der Waals surface area contributed by atoms with Crippen LogP contribution in [0.3, 0.4) is 0 Å². The van der Waals surface area contributed by atoms with Gasteiger partial charge < -0.3 is 19.7 Å². The Hall–Kier alpha value is -3.80. The zero-order valence-electron chi connectivity index (χ0n) is 17.9. The fourth-order valence-corrected chi connectivity index (χ4v) is 4.21. The van der Waals surface area contributed by atoms with Gasteiger partial charge in [0, 0.05) is 35.1 Å². The minimum atomic E-state index is -0.202. The summed E-state index contributed by atoms with van der Waals surface area (Å²) in [6, 6.07) is 18.5. The Morgan fingerprint density at radius 1 is 0.906 bits per heavy atom. The van der Waals surface area contributed by atoms with Gasteiger partial charge in [0.15, 0.2) is 11.5 Å². The van der Waals surface area contributed by atoms with Crippen LogP contribution in [0.15, 0.2) is 60.7 Å². The van der Waals surface area contributed by atoms with Crippen LogP contribution in [-0.2, 0) is 6.42 Å². The van der Waals surface area contributed by atoms with Gasteiger partial charge in [-0.1, -0.05) is 17.7 Å². The highest BCUT2D eigenvalue weighted by atomic mass is 16.6. The number of anilines is 2. The van der Waals surface area contributed by atoms with Gasteiger partial charge in [-0.3, -0.25) is 9.59 Å². The molecule has 0 unspecified atom stereocenters. The van der Waals surface area contributed by atoms with Crippen LogP contribution in [-0.4, -0.2) is 31.6 Å². The van der Waals surface area contributed by atoms with Gasteiger partial charge in [0.2, 0.25) is 0 Å². The van der Waals surface area contributed by atoms with Crippen LogP contribution in [0.25, 0.3) is 0 Å². The van der Waals surface area contributed by atoms with Gasteiger partial charge in [0.05, 0.1) is 0 Å². The molecule has 32 heavy (non-hydrogen) atoms. The van der Waals surface area contributed by atoms with Crippen molar-refractivity contribution in [2.45, 2.75) is 19.8 Å². The van der Waals surface area contributed by atoms with Crippen molar-refractivity contribution >= 4 is 23.2 Å². The maximum Gasteiger partial charge on any atom is 0.258 e. The van der Waals surface area contributed by atoms with E-state index in [9.17, 15) is 9.59 Å². The molecule has 2 aliphatic heterocycles. The van der Waals surface area contributed by atoms with E-state index in [0.717, 1.165) is 29.7 Å². The average Bonchev–Trinajstić information content (AvgIpc) is 2.82. The quantitative estimate of drug-likeness (QED) is 0.662. The summed E-state index contributed by atoms with van der Waals surface area (Å²) < 4.78 is 11.1. The second-order valence-electron chi connectivity index (χ2n) is 8.09. The molecule has 5 rings (SSSR count). The smallest absolute Gasteiger partial charge is 0.258 e. The Morgan fingerprint density at radius 3 is 2.59 bits per heavy atom. The number of amides is 2. The number of hydrogen-bond acceptors (Lipinski definition) is 4. The number of rotatable bonds is 3. The van der Waals surface area contributed by atoms with Crippen LogP contribution in [0.2, 0.25) is 0 Å². The Balaban J connectivity index is 1.36. The van der Waals surface area contributed by atoms with E-state index in [2.05, 4.69) is 5.32 Å². The highest BCUT2D eigenvalue weighted by Gasteiger charge is 2.24. The van der Waals surface area contributed by atoms with Crippen molar-refractivity contribution < 1.29 is 19.1 Å². The molecule has 1 N–H and O–H groups in total. The molecule has 3 aromatic rings. The van der Waals surface area contributed by atoms with E-state index in [1.807, 2.05) is 48.2 Å². The zero-order chi connectivity index (χ0) is 22.1. The van der Waals surface area contributed by atoms with Gasteiger partial charge in [0.25, 0.3) is 11.8 Å². The minimum Gasteiger partial charge on any atom is -0.486 e. The number of benzene rings is 3. The molecule has 162 valence electrons. The van der Waals surface area contributed by atoms with Crippen molar-refractivity contribution in [1.82, 2.24) is 0 Å². The van der Waals surface area contributed by atoms with E-state index < -0.39 is 0 Å². The summed E-state index contributed by atoms with van der Waals surface area (Å²) in [5.74, 6) is 1.10. The number of ether oxygens (including phenoxy) is 2.